The van der Waals surface area contributed by atoms with Crippen LogP contribution < -0.4 is 0 Å². The summed E-state index contributed by atoms with van der Waals surface area (Å²) < 4.78 is 2.35. The summed E-state index contributed by atoms with van der Waals surface area (Å²) in [4.78, 5) is 15.9. The highest BCUT2D eigenvalue weighted by Crippen LogP contribution is 2.48. The number of hydrogen-bond acceptors (Lipinski definition) is 3. The molecule has 0 radical (unpaired) electrons. The van der Waals surface area contributed by atoms with Crippen LogP contribution in [0, 0.1) is 6.92 Å². The minimum absolute atomic E-state index is 0.303. The van der Waals surface area contributed by atoms with E-state index in [9.17, 15) is 0 Å². The Morgan fingerprint density at radius 2 is 1.06 bits per heavy atom. The molecule has 0 N–H and O–H groups in total. The number of aromatic nitrogens is 4. The van der Waals surface area contributed by atoms with Gasteiger partial charge in [-0.3, -0.25) is 4.57 Å². The fourth-order valence-electron chi connectivity index (χ4n) is 10.2. The van der Waals surface area contributed by atoms with Gasteiger partial charge in [0.1, 0.15) is 0 Å². The zero-order valence-electron chi connectivity index (χ0n) is 35.6. The molecule has 1 unspecified atom stereocenters. The Balaban J connectivity index is 1.14. The first-order valence-corrected chi connectivity index (χ1v) is 22.3. The zero-order valence-corrected chi connectivity index (χ0v) is 35.6. The number of nitrogens with zero attached hydrogens (tertiary/aromatic N) is 4. The van der Waals surface area contributed by atoms with E-state index in [4.69, 9.17) is 15.0 Å². The fourth-order valence-corrected chi connectivity index (χ4v) is 10.2. The number of rotatable bonds is 7. The van der Waals surface area contributed by atoms with Gasteiger partial charge in [0.2, 0.25) is 5.95 Å². The van der Waals surface area contributed by atoms with Crippen molar-refractivity contribution < 1.29 is 0 Å². The van der Waals surface area contributed by atoms with Crippen molar-refractivity contribution in [3.05, 3.63) is 229 Å². The molecule has 0 spiro atoms. The maximum atomic E-state index is 5.38. The Bertz CT molecular complexity index is 3460. The van der Waals surface area contributed by atoms with Gasteiger partial charge in [-0.1, -0.05) is 182 Å². The minimum Gasteiger partial charge on any atom is -0.277 e. The lowest BCUT2D eigenvalue weighted by atomic mass is 9.84. The molecule has 0 saturated heterocycles. The van der Waals surface area contributed by atoms with Crippen molar-refractivity contribution in [2.45, 2.75) is 32.1 Å². The lowest BCUT2D eigenvalue weighted by Crippen LogP contribution is -2.08. The molecule has 64 heavy (non-hydrogen) atoms. The van der Waals surface area contributed by atoms with E-state index in [1.54, 1.807) is 0 Å². The zero-order chi connectivity index (χ0) is 42.6. The molecule has 12 rings (SSSR count). The van der Waals surface area contributed by atoms with Crippen LogP contribution >= 0.6 is 0 Å². The largest absolute Gasteiger partial charge is 0.277 e. The number of hydrogen-bond donors (Lipinski definition) is 0. The Morgan fingerprint density at radius 3 is 1.72 bits per heavy atom. The van der Waals surface area contributed by atoms with Gasteiger partial charge in [0, 0.05) is 21.9 Å². The predicted octanol–water partition coefficient (Wildman–Crippen LogP) is 15.0. The van der Waals surface area contributed by atoms with Crippen LogP contribution in [-0.4, -0.2) is 19.5 Å². The first kappa shape index (κ1) is 37.8. The summed E-state index contributed by atoms with van der Waals surface area (Å²) in [7, 11) is 0. The van der Waals surface area contributed by atoms with E-state index >= 15 is 0 Å². The molecule has 11 aromatic rings. The molecule has 4 nitrogen and oxygen atoms in total. The Kier molecular flexibility index (Phi) is 9.30. The van der Waals surface area contributed by atoms with E-state index in [1.807, 2.05) is 36.4 Å². The summed E-state index contributed by atoms with van der Waals surface area (Å²) in [5.74, 6) is 2.21. The molecule has 0 fully saturated rings. The topological polar surface area (TPSA) is 43.6 Å². The highest BCUT2D eigenvalue weighted by Gasteiger charge is 2.29. The lowest BCUT2D eigenvalue weighted by molar-refractivity contribution is 0.630. The van der Waals surface area contributed by atoms with Crippen molar-refractivity contribution in [2.75, 3.05) is 0 Å². The third kappa shape index (κ3) is 6.67. The second kappa shape index (κ2) is 15.7. The van der Waals surface area contributed by atoms with Crippen LogP contribution in [-0.2, 0) is 12.8 Å². The van der Waals surface area contributed by atoms with Gasteiger partial charge in [-0.2, -0.15) is 9.97 Å². The number of benzene rings is 9. The molecule has 0 aliphatic heterocycles. The minimum atomic E-state index is 0.303. The van der Waals surface area contributed by atoms with Crippen LogP contribution in [0.5, 0.6) is 0 Å². The van der Waals surface area contributed by atoms with Gasteiger partial charge in [-0.05, 0) is 123 Å². The normalized spacial score (nSPS) is 13.5. The van der Waals surface area contributed by atoms with Crippen molar-refractivity contribution in [1.29, 1.82) is 0 Å². The third-order valence-corrected chi connectivity index (χ3v) is 13.3. The summed E-state index contributed by atoms with van der Waals surface area (Å²) in [6, 6.07) is 74.3. The molecule has 304 valence electrons. The highest BCUT2D eigenvalue weighted by molar-refractivity contribution is 6.13. The summed E-state index contributed by atoms with van der Waals surface area (Å²) in [6.45, 7) is 2.31. The number of aryl methyl sites for hydroxylation is 2. The smallest absolute Gasteiger partial charge is 0.238 e. The Hall–Kier alpha value is -7.95. The molecule has 2 heterocycles. The first-order chi connectivity index (χ1) is 31.6. The molecule has 1 aliphatic carbocycles. The average Bonchev–Trinajstić information content (AvgIpc) is 3.59. The molecule has 9 aromatic carbocycles. The van der Waals surface area contributed by atoms with Crippen LogP contribution in [0.4, 0.5) is 0 Å². The molecule has 1 aliphatic rings. The van der Waals surface area contributed by atoms with E-state index in [1.165, 1.54) is 77.2 Å². The molecular weight excluding hydrogens is 777 g/mol. The maximum absolute atomic E-state index is 5.38. The summed E-state index contributed by atoms with van der Waals surface area (Å²) in [5.41, 5.74) is 16.9. The van der Waals surface area contributed by atoms with E-state index in [0.717, 1.165) is 41.4 Å². The van der Waals surface area contributed by atoms with Gasteiger partial charge in [0.25, 0.3) is 0 Å². The highest BCUT2D eigenvalue weighted by atomic mass is 15.2. The van der Waals surface area contributed by atoms with Crippen molar-refractivity contribution in [3.8, 4) is 62.1 Å². The lowest BCUT2D eigenvalue weighted by Gasteiger charge is -2.20. The molecule has 1 atom stereocenters. The summed E-state index contributed by atoms with van der Waals surface area (Å²) in [5, 5.41) is 4.95. The van der Waals surface area contributed by atoms with Crippen molar-refractivity contribution in [2.24, 2.45) is 0 Å². The molecule has 2 aromatic heterocycles. The van der Waals surface area contributed by atoms with Gasteiger partial charge in [0.05, 0.1) is 11.0 Å². The van der Waals surface area contributed by atoms with E-state index in [-0.39, 0.29) is 0 Å². The van der Waals surface area contributed by atoms with Gasteiger partial charge < -0.3 is 0 Å². The monoisotopic (exact) mass is 820 g/mol. The van der Waals surface area contributed by atoms with Gasteiger partial charge >= 0.3 is 0 Å². The summed E-state index contributed by atoms with van der Waals surface area (Å²) >= 11 is 0. The van der Waals surface area contributed by atoms with Crippen LogP contribution in [0.2, 0.25) is 0 Å². The molecule has 0 bridgehead atoms. The van der Waals surface area contributed by atoms with Crippen LogP contribution in [0.3, 0.4) is 0 Å². The quantitative estimate of drug-likeness (QED) is 0.161. The van der Waals surface area contributed by atoms with E-state index in [2.05, 4.69) is 181 Å². The average molecular weight is 821 g/mol. The fraction of sp³-hybridized carbons (Fsp3) is 0.0833. The van der Waals surface area contributed by atoms with Crippen molar-refractivity contribution >= 4 is 32.6 Å². The van der Waals surface area contributed by atoms with E-state index < -0.39 is 0 Å². The standard InChI is InChI=1S/C60H44N4/c1-39-34-54-52-37-48(42-18-8-3-9-19-42)30-33-55(52)64(60-62-58(44-21-10-4-11-22-44)61-59(63-60)45-23-12-5-13-24-45)57(54)51-32-29-49(36-40-26-27-43-20-14-15-25-46(43)35-40)50-31-28-47(38-53(50)56(39)51)41-16-6-2-7-17-41/h2-28,30-31,33-35,37-38,49H,29,32,36H2,1H3. The third-order valence-electron chi connectivity index (χ3n) is 13.3. The van der Waals surface area contributed by atoms with Crippen LogP contribution in [0.15, 0.2) is 206 Å². The van der Waals surface area contributed by atoms with Crippen molar-refractivity contribution in [1.82, 2.24) is 19.5 Å². The Labute approximate surface area is 373 Å². The maximum Gasteiger partial charge on any atom is 0.238 e. The van der Waals surface area contributed by atoms with Crippen molar-refractivity contribution in [3.63, 3.8) is 0 Å². The second-order valence-corrected chi connectivity index (χ2v) is 17.2. The van der Waals surface area contributed by atoms with Crippen LogP contribution in [0.1, 0.15) is 34.6 Å². The van der Waals surface area contributed by atoms with Gasteiger partial charge in [-0.15, -0.1) is 0 Å². The molecule has 4 heteroatoms. The first-order valence-electron chi connectivity index (χ1n) is 22.3. The second-order valence-electron chi connectivity index (χ2n) is 17.2. The number of fused-ring (bicyclic) bond motifs is 8. The molecule has 0 amide bonds. The van der Waals surface area contributed by atoms with Crippen LogP contribution in [0.25, 0.3) is 94.7 Å². The Morgan fingerprint density at radius 1 is 0.484 bits per heavy atom. The van der Waals surface area contributed by atoms with Gasteiger partial charge in [0.15, 0.2) is 11.6 Å². The van der Waals surface area contributed by atoms with E-state index in [0.29, 0.717) is 23.5 Å². The summed E-state index contributed by atoms with van der Waals surface area (Å²) in [6.07, 6.45) is 2.84. The molecular formula is C60H44N4. The SMILES string of the molecule is Cc1cc2c3cc(-c4ccccc4)ccc3n(-c3nc(-c4ccccc4)nc(-c4ccccc4)n3)c2c2c1-c1cc(-c3ccccc3)ccc1C(Cc1ccc3ccccc3c1)CC2. The molecule has 0 saturated carbocycles. The van der Waals surface area contributed by atoms with Gasteiger partial charge in [-0.25, -0.2) is 4.98 Å². The predicted molar refractivity (Wildman–Crippen MR) is 265 cm³/mol.